The normalized spacial score (nSPS) is 23.0. The highest BCUT2D eigenvalue weighted by atomic mass is 16.5. The van der Waals surface area contributed by atoms with Crippen LogP contribution in [0.5, 0.6) is 5.75 Å². The van der Waals surface area contributed by atoms with Crippen molar-refractivity contribution in [1.29, 1.82) is 0 Å². The number of rotatable bonds is 8. The quantitative estimate of drug-likeness (QED) is 0.705. The molecule has 25 heavy (non-hydrogen) atoms. The van der Waals surface area contributed by atoms with E-state index < -0.39 is 17.4 Å². The van der Waals surface area contributed by atoms with Crippen molar-refractivity contribution in [2.75, 3.05) is 20.3 Å². The number of ether oxygens (including phenoxy) is 2. The van der Waals surface area contributed by atoms with Crippen LogP contribution < -0.4 is 10.1 Å². The molecule has 138 valence electrons. The third-order valence-corrected chi connectivity index (χ3v) is 4.76. The largest absolute Gasteiger partial charge is 0.493 e. The summed E-state index contributed by atoms with van der Waals surface area (Å²) in [5.41, 5.74) is -0.253. The zero-order valence-electron chi connectivity index (χ0n) is 14.9. The number of benzene rings is 1. The Hall–Kier alpha value is -2.08. The van der Waals surface area contributed by atoms with Crippen LogP contribution in [-0.4, -0.2) is 42.8 Å². The van der Waals surface area contributed by atoms with E-state index in [2.05, 4.69) is 5.32 Å². The fourth-order valence-electron chi connectivity index (χ4n) is 3.33. The van der Waals surface area contributed by atoms with Gasteiger partial charge in [0.25, 0.3) is 5.91 Å². The molecule has 2 unspecified atom stereocenters. The van der Waals surface area contributed by atoms with Crippen LogP contribution in [0.25, 0.3) is 0 Å². The molecule has 1 aromatic rings. The maximum atomic E-state index is 12.6. The van der Waals surface area contributed by atoms with Crippen LogP contribution in [0.15, 0.2) is 24.3 Å². The van der Waals surface area contributed by atoms with Gasteiger partial charge >= 0.3 is 5.97 Å². The summed E-state index contributed by atoms with van der Waals surface area (Å²) < 4.78 is 10.6. The smallest absolute Gasteiger partial charge is 0.308 e. The Morgan fingerprint density at radius 3 is 2.84 bits per heavy atom. The minimum absolute atomic E-state index is 0.266. The molecule has 2 atom stereocenters. The Kier molecular flexibility index (Phi) is 6.82. The van der Waals surface area contributed by atoms with Gasteiger partial charge in [-0.15, -0.1) is 0 Å². The fraction of sp³-hybridized carbons (Fsp3) is 0.579. The van der Waals surface area contributed by atoms with E-state index in [1.165, 1.54) is 0 Å². The van der Waals surface area contributed by atoms with E-state index in [-0.39, 0.29) is 5.91 Å². The molecule has 0 saturated heterocycles. The Morgan fingerprint density at radius 1 is 1.32 bits per heavy atom. The SMILES string of the molecule is COCCCOc1cccc(C(=O)NC2(C)CCCCC2C(=O)O)c1. The second-order valence-electron chi connectivity index (χ2n) is 6.73. The first-order valence-electron chi connectivity index (χ1n) is 8.73. The Balaban J connectivity index is 2.03. The molecular weight excluding hydrogens is 322 g/mol. The molecule has 0 aliphatic heterocycles. The molecule has 1 saturated carbocycles. The van der Waals surface area contributed by atoms with Gasteiger partial charge in [-0.3, -0.25) is 9.59 Å². The van der Waals surface area contributed by atoms with Crippen LogP contribution in [0.3, 0.4) is 0 Å². The summed E-state index contributed by atoms with van der Waals surface area (Å²) in [6.07, 6.45) is 3.83. The molecule has 0 heterocycles. The molecule has 0 radical (unpaired) electrons. The van der Waals surface area contributed by atoms with Gasteiger partial charge in [-0.05, 0) is 38.0 Å². The predicted octanol–water partition coefficient (Wildman–Crippen LogP) is 2.87. The second-order valence-corrected chi connectivity index (χ2v) is 6.73. The summed E-state index contributed by atoms with van der Waals surface area (Å²) >= 11 is 0. The average Bonchev–Trinajstić information content (AvgIpc) is 2.59. The standard InChI is InChI=1S/C19H27NO5/c1-19(10-4-3-9-16(19)18(22)23)20-17(21)14-7-5-8-15(13-14)25-12-6-11-24-2/h5,7-8,13,16H,3-4,6,9-12H2,1-2H3,(H,20,21)(H,22,23). The van der Waals surface area contributed by atoms with Gasteiger partial charge in [0, 0.05) is 25.7 Å². The van der Waals surface area contributed by atoms with Crippen molar-refractivity contribution in [1.82, 2.24) is 5.32 Å². The lowest BCUT2D eigenvalue weighted by Crippen LogP contribution is -2.55. The molecule has 1 fully saturated rings. The number of carboxylic acids is 1. The molecule has 2 N–H and O–H groups in total. The fourth-order valence-corrected chi connectivity index (χ4v) is 3.33. The highest BCUT2D eigenvalue weighted by Gasteiger charge is 2.42. The number of carbonyl (C=O) groups is 2. The minimum Gasteiger partial charge on any atom is -0.493 e. The van der Waals surface area contributed by atoms with Crippen LogP contribution >= 0.6 is 0 Å². The van der Waals surface area contributed by atoms with E-state index in [1.54, 1.807) is 31.4 Å². The molecule has 6 heteroatoms. The first-order valence-corrected chi connectivity index (χ1v) is 8.73. The van der Waals surface area contributed by atoms with Crippen molar-refractivity contribution < 1.29 is 24.2 Å². The third-order valence-electron chi connectivity index (χ3n) is 4.76. The first-order chi connectivity index (χ1) is 12.0. The van der Waals surface area contributed by atoms with Gasteiger partial charge in [-0.25, -0.2) is 0 Å². The van der Waals surface area contributed by atoms with Gasteiger partial charge in [0.15, 0.2) is 0 Å². The van der Waals surface area contributed by atoms with Gasteiger partial charge in [0.2, 0.25) is 0 Å². The Morgan fingerprint density at radius 2 is 2.12 bits per heavy atom. The summed E-state index contributed by atoms with van der Waals surface area (Å²) in [6, 6.07) is 6.95. The molecular formula is C19H27NO5. The lowest BCUT2D eigenvalue weighted by Gasteiger charge is -2.39. The van der Waals surface area contributed by atoms with Gasteiger partial charge in [-0.1, -0.05) is 18.9 Å². The number of hydrogen-bond acceptors (Lipinski definition) is 4. The molecule has 1 aliphatic rings. The van der Waals surface area contributed by atoms with Crippen molar-refractivity contribution in [3.63, 3.8) is 0 Å². The Bertz CT molecular complexity index is 603. The summed E-state index contributed by atoms with van der Waals surface area (Å²) in [7, 11) is 1.64. The van der Waals surface area contributed by atoms with E-state index >= 15 is 0 Å². The van der Waals surface area contributed by atoms with Crippen LogP contribution in [0.4, 0.5) is 0 Å². The molecule has 1 aliphatic carbocycles. The third kappa shape index (κ3) is 5.19. The van der Waals surface area contributed by atoms with E-state index in [4.69, 9.17) is 9.47 Å². The van der Waals surface area contributed by atoms with E-state index in [9.17, 15) is 14.7 Å². The number of aliphatic carboxylic acids is 1. The minimum atomic E-state index is -0.849. The lowest BCUT2D eigenvalue weighted by atomic mass is 9.73. The number of amides is 1. The zero-order chi connectivity index (χ0) is 18.3. The molecule has 0 bridgehead atoms. The lowest BCUT2D eigenvalue weighted by molar-refractivity contribution is -0.145. The topological polar surface area (TPSA) is 84.9 Å². The van der Waals surface area contributed by atoms with Crippen molar-refractivity contribution in [3.8, 4) is 5.75 Å². The van der Waals surface area contributed by atoms with Crippen molar-refractivity contribution in [2.45, 2.75) is 44.6 Å². The average molecular weight is 349 g/mol. The first kappa shape index (κ1) is 19.2. The van der Waals surface area contributed by atoms with Gasteiger partial charge in [-0.2, -0.15) is 0 Å². The van der Waals surface area contributed by atoms with E-state index in [1.807, 2.05) is 6.92 Å². The molecule has 1 aromatic carbocycles. The monoisotopic (exact) mass is 349 g/mol. The van der Waals surface area contributed by atoms with Crippen molar-refractivity contribution in [2.24, 2.45) is 5.92 Å². The molecule has 0 spiro atoms. The Labute approximate surface area is 148 Å². The number of carboxylic acid groups (broad SMARTS) is 1. The van der Waals surface area contributed by atoms with Crippen molar-refractivity contribution in [3.05, 3.63) is 29.8 Å². The van der Waals surface area contributed by atoms with Gasteiger partial charge in [0.05, 0.1) is 18.1 Å². The highest BCUT2D eigenvalue weighted by Crippen LogP contribution is 2.34. The number of nitrogens with one attached hydrogen (secondary N) is 1. The molecule has 6 nitrogen and oxygen atoms in total. The van der Waals surface area contributed by atoms with Crippen LogP contribution in [0, 0.1) is 5.92 Å². The molecule has 0 aromatic heterocycles. The highest BCUT2D eigenvalue weighted by molar-refractivity contribution is 5.95. The summed E-state index contributed by atoms with van der Waals surface area (Å²) in [5, 5.41) is 12.4. The summed E-state index contributed by atoms with van der Waals surface area (Å²) in [6.45, 7) is 2.96. The van der Waals surface area contributed by atoms with Gasteiger partial charge < -0.3 is 19.9 Å². The number of hydrogen-bond donors (Lipinski definition) is 2. The predicted molar refractivity (Wildman–Crippen MR) is 93.9 cm³/mol. The molecule has 1 amide bonds. The van der Waals surface area contributed by atoms with E-state index in [0.29, 0.717) is 37.4 Å². The van der Waals surface area contributed by atoms with Crippen molar-refractivity contribution >= 4 is 11.9 Å². The van der Waals surface area contributed by atoms with Crippen LogP contribution in [0.2, 0.25) is 0 Å². The maximum absolute atomic E-state index is 12.6. The van der Waals surface area contributed by atoms with Gasteiger partial charge in [0.1, 0.15) is 5.75 Å². The second kappa shape index (κ2) is 8.85. The van der Waals surface area contributed by atoms with Crippen LogP contribution in [0.1, 0.15) is 49.4 Å². The maximum Gasteiger partial charge on any atom is 0.308 e. The number of methoxy groups -OCH3 is 1. The number of carbonyl (C=O) groups excluding carboxylic acids is 1. The summed E-state index contributed by atoms with van der Waals surface area (Å²) in [5.74, 6) is -1.05. The van der Waals surface area contributed by atoms with Crippen LogP contribution in [-0.2, 0) is 9.53 Å². The molecule has 2 rings (SSSR count). The summed E-state index contributed by atoms with van der Waals surface area (Å²) in [4.78, 5) is 24.2. The zero-order valence-corrected chi connectivity index (χ0v) is 14.9. The van der Waals surface area contributed by atoms with E-state index in [0.717, 1.165) is 19.3 Å².